The molecule has 3 rings (SSSR count). The van der Waals surface area contributed by atoms with Crippen molar-refractivity contribution in [1.82, 2.24) is 0 Å². The summed E-state index contributed by atoms with van der Waals surface area (Å²) in [6.07, 6.45) is 1.46. The van der Waals surface area contributed by atoms with Crippen molar-refractivity contribution in [3.05, 3.63) is 0 Å². The molecule has 2 aliphatic carbocycles. The van der Waals surface area contributed by atoms with E-state index in [1.165, 1.54) is 6.92 Å². The molecule has 1 saturated heterocycles. The van der Waals surface area contributed by atoms with Gasteiger partial charge in [-0.2, -0.15) is 0 Å². The van der Waals surface area contributed by atoms with E-state index < -0.39 is 0 Å². The SMILES string of the molecule is CC(=O)SCCC(=O)OC1C2CC3C(=O)OC1C3C2. The zero-order chi connectivity index (χ0) is 13.6. The number of rotatable bonds is 4. The third-order valence-electron chi connectivity index (χ3n) is 4.29. The lowest BCUT2D eigenvalue weighted by Gasteiger charge is -2.25. The predicted octanol–water partition coefficient (Wildman–Crippen LogP) is 1.15. The summed E-state index contributed by atoms with van der Waals surface area (Å²) >= 11 is 1.12. The number of thioether (sulfide) groups is 1. The summed E-state index contributed by atoms with van der Waals surface area (Å²) < 4.78 is 10.8. The van der Waals surface area contributed by atoms with Crippen LogP contribution in [0.4, 0.5) is 0 Å². The van der Waals surface area contributed by atoms with Crippen LogP contribution < -0.4 is 0 Å². The second-order valence-electron chi connectivity index (χ2n) is 5.45. The molecule has 19 heavy (non-hydrogen) atoms. The Morgan fingerprint density at radius 1 is 1.42 bits per heavy atom. The van der Waals surface area contributed by atoms with E-state index in [0.717, 1.165) is 24.6 Å². The molecular formula is C13H16O5S. The Labute approximate surface area is 115 Å². The fraction of sp³-hybridized carbons (Fsp3) is 0.769. The van der Waals surface area contributed by atoms with Gasteiger partial charge in [-0.3, -0.25) is 14.4 Å². The molecule has 6 heteroatoms. The molecule has 3 fully saturated rings. The van der Waals surface area contributed by atoms with E-state index >= 15 is 0 Å². The molecule has 2 saturated carbocycles. The fourth-order valence-electron chi connectivity index (χ4n) is 3.55. The van der Waals surface area contributed by atoms with Crippen molar-refractivity contribution in [1.29, 1.82) is 0 Å². The first-order valence-corrected chi connectivity index (χ1v) is 7.58. The fourth-order valence-corrected chi connectivity index (χ4v) is 4.11. The van der Waals surface area contributed by atoms with Gasteiger partial charge in [-0.25, -0.2) is 0 Å². The summed E-state index contributed by atoms with van der Waals surface area (Å²) in [7, 11) is 0. The van der Waals surface area contributed by atoms with Crippen molar-refractivity contribution in [3.63, 3.8) is 0 Å². The molecule has 3 aliphatic rings. The van der Waals surface area contributed by atoms with Crippen LogP contribution in [-0.4, -0.2) is 35.0 Å². The van der Waals surface area contributed by atoms with E-state index in [4.69, 9.17) is 9.47 Å². The Kier molecular flexibility index (Phi) is 3.28. The molecule has 0 radical (unpaired) electrons. The molecule has 1 aliphatic heterocycles. The van der Waals surface area contributed by atoms with Crippen molar-refractivity contribution in [2.24, 2.45) is 17.8 Å². The molecule has 1 heterocycles. The number of carbonyl (C=O) groups excluding carboxylic acids is 3. The molecule has 0 aromatic heterocycles. The van der Waals surface area contributed by atoms with Gasteiger partial charge < -0.3 is 9.47 Å². The smallest absolute Gasteiger partial charge is 0.309 e. The van der Waals surface area contributed by atoms with E-state index in [2.05, 4.69) is 0 Å². The molecule has 5 atom stereocenters. The van der Waals surface area contributed by atoms with Crippen LogP contribution in [0.1, 0.15) is 26.2 Å². The first-order chi connectivity index (χ1) is 9.06. The van der Waals surface area contributed by atoms with Crippen LogP contribution in [-0.2, 0) is 23.9 Å². The predicted molar refractivity (Wildman–Crippen MR) is 67.2 cm³/mol. The Morgan fingerprint density at radius 2 is 2.21 bits per heavy atom. The number of hydrogen-bond acceptors (Lipinski definition) is 6. The minimum Gasteiger partial charge on any atom is -0.458 e. The Hall–Kier alpha value is -1.04. The van der Waals surface area contributed by atoms with Crippen LogP contribution in [0.25, 0.3) is 0 Å². The summed E-state index contributed by atoms with van der Waals surface area (Å²) in [6.45, 7) is 1.48. The minimum absolute atomic E-state index is 0.000267. The summed E-state index contributed by atoms with van der Waals surface area (Å²) in [4.78, 5) is 34.1. The lowest BCUT2D eigenvalue weighted by Crippen LogP contribution is -2.36. The van der Waals surface area contributed by atoms with Crippen LogP contribution >= 0.6 is 11.8 Å². The largest absolute Gasteiger partial charge is 0.458 e. The maximum absolute atomic E-state index is 11.7. The van der Waals surface area contributed by atoms with Crippen molar-refractivity contribution in [2.45, 2.75) is 38.4 Å². The lowest BCUT2D eigenvalue weighted by molar-refractivity contribution is -0.161. The summed E-state index contributed by atoms with van der Waals surface area (Å²) in [5.74, 6) is 0.590. The Bertz CT molecular complexity index is 435. The maximum Gasteiger partial charge on any atom is 0.309 e. The van der Waals surface area contributed by atoms with Gasteiger partial charge in [-0.15, -0.1) is 0 Å². The van der Waals surface area contributed by atoms with Gasteiger partial charge in [0.1, 0.15) is 12.2 Å². The van der Waals surface area contributed by atoms with Gasteiger partial charge in [-0.05, 0) is 12.8 Å². The third-order valence-corrected chi connectivity index (χ3v) is 5.11. The number of hydrogen-bond donors (Lipinski definition) is 0. The van der Waals surface area contributed by atoms with E-state index in [1.54, 1.807) is 0 Å². The summed E-state index contributed by atoms with van der Waals surface area (Å²) in [6, 6.07) is 0. The van der Waals surface area contributed by atoms with E-state index in [1.807, 2.05) is 0 Å². The van der Waals surface area contributed by atoms with Gasteiger partial charge in [0, 0.05) is 24.5 Å². The Morgan fingerprint density at radius 3 is 2.95 bits per heavy atom. The average molecular weight is 284 g/mol. The molecule has 104 valence electrons. The van der Waals surface area contributed by atoms with E-state index in [-0.39, 0.29) is 53.4 Å². The zero-order valence-electron chi connectivity index (χ0n) is 10.7. The highest BCUT2D eigenvalue weighted by atomic mass is 32.2. The molecule has 2 bridgehead atoms. The van der Waals surface area contributed by atoms with Gasteiger partial charge in [0.25, 0.3) is 0 Å². The summed E-state index contributed by atoms with van der Waals surface area (Å²) in [5.41, 5.74) is 0. The van der Waals surface area contributed by atoms with Crippen LogP contribution in [0.3, 0.4) is 0 Å². The third kappa shape index (κ3) is 2.26. The second kappa shape index (κ2) is 4.81. The highest BCUT2D eigenvalue weighted by Crippen LogP contribution is 2.55. The van der Waals surface area contributed by atoms with Crippen LogP contribution in [0.15, 0.2) is 0 Å². The Balaban J connectivity index is 1.53. The molecule has 5 unspecified atom stereocenters. The molecule has 0 amide bonds. The van der Waals surface area contributed by atoms with Gasteiger partial charge >= 0.3 is 11.9 Å². The van der Waals surface area contributed by atoms with Crippen molar-refractivity contribution in [2.75, 3.05) is 5.75 Å². The normalized spacial score (nSPS) is 38.4. The van der Waals surface area contributed by atoms with Crippen LogP contribution in [0.5, 0.6) is 0 Å². The quantitative estimate of drug-likeness (QED) is 0.721. The molecule has 0 N–H and O–H groups in total. The first-order valence-electron chi connectivity index (χ1n) is 6.59. The zero-order valence-corrected chi connectivity index (χ0v) is 11.5. The monoisotopic (exact) mass is 284 g/mol. The average Bonchev–Trinajstić information content (AvgIpc) is 2.93. The molecule has 0 spiro atoms. The van der Waals surface area contributed by atoms with Gasteiger partial charge in [0.15, 0.2) is 5.12 Å². The standard InChI is InChI=1S/C13H16O5S/c1-6(14)19-3-2-10(15)17-11-7-4-8-9(5-7)13(16)18-12(8)11/h7-9,11-12H,2-5H2,1H3. The van der Waals surface area contributed by atoms with Crippen molar-refractivity contribution >= 4 is 28.8 Å². The number of carbonyl (C=O) groups is 3. The molecule has 0 aromatic rings. The highest BCUT2D eigenvalue weighted by molar-refractivity contribution is 8.13. The minimum atomic E-state index is -0.300. The van der Waals surface area contributed by atoms with E-state index in [9.17, 15) is 14.4 Å². The van der Waals surface area contributed by atoms with Crippen LogP contribution in [0.2, 0.25) is 0 Å². The van der Waals surface area contributed by atoms with E-state index in [0.29, 0.717) is 5.75 Å². The molecular weight excluding hydrogens is 268 g/mol. The van der Waals surface area contributed by atoms with Crippen molar-refractivity contribution in [3.8, 4) is 0 Å². The van der Waals surface area contributed by atoms with Gasteiger partial charge in [0.2, 0.25) is 0 Å². The number of fused-ring (bicyclic) bond motifs is 1. The molecule has 5 nitrogen and oxygen atoms in total. The lowest BCUT2D eigenvalue weighted by atomic mass is 9.88. The number of esters is 2. The van der Waals surface area contributed by atoms with Gasteiger partial charge in [0.05, 0.1) is 12.3 Å². The van der Waals surface area contributed by atoms with Crippen molar-refractivity contribution < 1.29 is 23.9 Å². The topological polar surface area (TPSA) is 69.7 Å². The number of ether oxygens (including phenoxy) is 2. The maximum atomic E-state index is 11.7. The second-order valence-corrected chi connectivity index (χ2v) is 6.72. The van der Waals surface area contributed by atoms with Gasteiger partial charge in [-0.1, -0.05) is 11.8 Å². The highest BCUT2D eigenvalue weighted by Gasteiger charge is 2.63. The first kappa shape index (κ1) is 13.0. The van der Waals surface area contributed by atoms with Crippen LogP contribution in [0, 0.1) is 17.8 Å². The summed E-state index contributed by atoms with van der Waals surface area (Å²) in [5, 5.41) is 0.000267. The molecule has 0 aromatic carbocycles.